The molecule has 3 N–H and O–H groups in total. The molecule has 104 valence electrons. The second-order valence-electron chi connectivity index (χ2n) is 4.04. The molecule has 0 atom stereocenters. The van der Waals surface area contributed by atoms with Gasteiger partial charge < -0.3 is 15.8 Å². The van der Waals surface area contributed by atoms with Crippen LogP contribution >= 0.6 is 31.9 Å². The number of halogens is 2. The van der Waals surface area contributed by atoms with Gasteiger partial charge in [0.15, 0.2) is 0 Å². The van der Waals surface area contributed by atoms with E-state index < -0.39 is 0 Å². The van der Waals surface area contributed by atoms with Crippen LogP contribution in [0, 0.1) is 0 Å². The van der Waals surface area contributed by atoms with Crippen molar-refractivity contribution in [1.82, 2.24) is 0 Å². The molecule has 2 rings (SSSR count). The zero-order valence-electron chi connectivity index (χ0n) is 10.6. The maximum atomic E-state index is 12.2. The lowest BCUT2D eigenvalue weighted by atomic mass is 10.2. The van der Waals surface area contributed by atoms with Crippen molar-refractivity contribution in [3.8, 4) is 5.75 Å². The van der Waals surface area contributed by atoms with Crippen LogP contribution in [0.15, 0.2) is 45.3 Å². The summed E-state index contributed by atoms with van der Waals surface area (Å²) in [5, 5.41) is 2.80. The monoisotopic (exact) mass is 398 g/mol. The summed E-state index contributed by atoms with van der Waals surface area (Å²) >= 11 is 6.66. The molecular weight excluding hydrogens is 388 g/mol. The SMILES string of the molecule is COc1cc(Br)ccc1C(=O)Nc1ccc(N)c(Br)c1. The second kappa shape index (κ2) is 6.28. The first-order chi connectivity index (χ1) is 9.51. The molecule has 0 radical (unpaired) electrons. The second-order valence-corrected chi connectivity index (χ2v) is 5.81. The van der Waals surface area contributed by atoms with Gasteiger partial charge in [-0.1, -0.05) is 15.9 Å². The molecule has 20 heavy (non-hydrogen) atoms. The highest BCUT2D eigenvalue weighted by atomic mass is 79.9. The maximum Gasteiger partial charge on any atom is 0.259 e. The number of rotatable bonds is 3. The van der Waals surface area contributed by atoms with Crippen LogP contribution in [0.25, 0.3) is 0 Å². The fourth-order valence-electron chi connectivity index (χ4n) is 1.66. The number of amides is 1. The van der Waals surface area contributed by atoms with Gasteiger partial charge in [0.25, 0.3) is 5.91 Å². The average molecular weight is 400 g/mol. The van der Waals surface area contributed by atoms with Gasteiger partial charge in [-0.05, 0) is 52.3 Å². The highest BCUT2D eigenvalue weighted by Gasteiger charge is 2.13. The third-order valence-electron chi connectivity index (χ3n) is 2.67. The third-order valence-corrected chi connectivity index (χ3v) is 3.85. The molecule has 1 amide bonds. The standard InChI is InChI=1S/C14H12Br2N2O2/c1-20-13-6-8(15)2-4-10(13)14(19)18-9-3-5-12(17)11(16)7-9/h2-7H,17H2,1H3,(H,18,19). The van der Waals surface area contributed by atoms with E-state index in [0.29, 0.717) is 22.7 Å². The molecule has 0 bridgehead atoms. The Hall–Kier alpha value is -1.53. The van der Waals surface area contributed by atoms with Gasteiger partial charge >= 0.3 is 0 Å². The Bertz CT molecular complexity index is 660. The molecule has 2 aromatic carbocycles. The summed E-state index contributed by atoms with van der Waals surface area (Å²) in [5.41, 5.74) is 7.44. The van der Waals surface area contributed by atoms with Crippen molar-refractivity contribution >= 4 is 49.1 Å². The van der Waals surface area contributed by atoms with Crippen molar-refractivity contribution in [3.63, 3.8) is 0 Å². The Balaban J connectivity index is 2.25. The minimum absolute atomic E-state index is 0.244. The summed E-state index contributed by atoms with van der Waals surface area (Å²) in [4.78, 5) is 12.2. The lowest BCUT2D eigenvalue weighted by Crippen LogP contribution is -2.13. The van der Waals surface area contributed by atoms with E-state index >= 15 is 0 Å². The molecule has 0 aromatic heterocycles. The third kappa shape index (κ3) is 3.32. The van der Waals surface area contributed by atoms with E-state index in [9.17, 15) is 4.79 Å². The fraction of sp³-hybridized carbons (Fsp3) is 0.0714. The predicted octanol–water partition coefficient (Wildman–Crippen LogP) is 4.05. The molecule has 0 aliphatic rings. The molecule has 0 aliphatic carbocycles. The van der Waals surface area contributed by atoms with Gasteiger partial charge in [-0.2, -0.15) is 0 Å². The highest BCUT2D eigenvalue weighted by molar-refractivity contribution is 9.10. The van der Waals surface area contributed by atoms with E-state index in [0.717, 1.165) is 8.95 Å². The van der Waals surface area contributed by atoms with Gasteiger partial charge in [-0.15, -0.1) is 0 Å². The van der Waals surface area contributed by atoms with Gasteiger partial charge in [0, 0.05) is 20.3 Å². The average Bonchev–Trinajstić information content (AvgIpc) is 2.42. The largest absolute Gasteiger partial charge is 0.496 e. The van der Waals surface area contributed by atoms with Crippen LogP contribution in [0.5, 0.6) is 5.75 Å². The lowest BCUT2D eigenvalue weighted by molar-refractivity contribution is 0.102. The number of hydrogen-bond donors (Lipinski definition) is 2. The van der Waals surface area contributed by atoms with Gasteiger partial charge in [0.1, 0.15) is 5.75 Å². The molecule has 0 unspecified atom stereocenters. The van der Waals surface area contributed by atoms with Crippen LogP contribution in [0.2, 0.25) is 0 Å². The number of carbonyl (C=O) groups excluding carboxylic acids is 1. The summed E-state index contributed by atoms with van der Waals surface area (Å²) in [5.74, 6) is 0.261. The van der Waals surface area contributed by atoms with E-state index in [1.165, 1.54) is 7.11 Å². The first-order valence-electron chi connectivity index (χ1n) is 5.71. The minimum Gasteiger partial charge on any atom is -0.496 e. The Morgan fingerprint density at radius 2 is 1.95 bits per heavy atom. The van der Waals surface area contributed by atoms with Crippen LogP contribution < -0.4 is 15.8 Å². The van der Waals surface area contributed by atoms with Crippen LogP contribution in [-0.4, -0.2) is 13.0 Å². The quantitative estimate of drug-likeness (QED) is 0.765. The molecular formula is C14H12Br2N2O2. The molecule has 0 heterocycles. The maximum absolute atomic E-state index is 12.2. The Morgan fingerprint density at radius 3 is 2.60 bits per heavy atom. The molecule has 0 saturated carbocycles. The van der Waals surface area contributed by atoms with E-state index in [-0.39, 0.29) is 5.91 Å². The number of ether oxygens (including phenoxy) is 1. The minimum atomic E-state index is -0.244. The van der Waals surface area contributed by atoms with Crippen LogP contribution in [-0.2, 0) is 0 Å². The fourth-order valence-corrected chi connectivity index (χ4v) is 2.37. The summed E-state index contributed by atoms with van der Waals surface area (Å²) in [7, 11) is 1.53. The zero-order valence-corrected chi connectivity index (χ0v) is 13.8. The number of methoxy groups -OCH3 is 1. The van der Waals surface area contributed by atoms with Crippen molar-refractivity contribution in [2.45, 2.75) is 0 Å². The van der Waals surface area contributed by atoms with Gasteiger partial charge in [-0.25, -0.2) is 0 Å². The van der Waals surface area contributed by atoms with Crippen LogP contribution in [0.4, 0.5) is 11.4 Å². The predicted molar refractivity (Wildman–Crippen MR) is 87.2 cm³/mol. The Kier molecular flexibility index (Phi) is 4.67. The number of hydrogen-bond acceptors (Lipinski definition) is 3. The number of benzene rings is 2. The van der Waals surface area contributed by atoms with Crippen molar-refractivity contribution in [1.29, 1.82) is 0 Å². The molecule has 2 aromatic rings. The van der Waals surface area contributed by atoms with Gasteiger partial charge in [0.05, 0.1) is 12.7 Å². The molecule has 0 saturated heterocycles. The van der Waals surface area contributed by atoms with Gasteiger partial charge in [0.2, 0.25) is 0 Å². The van der Waals surface area contributed by atoms with Crippen LogP contribution in [0.1, 0.15) is 10.4 Å². The van der Waals surface area contributed by atoms with E-state index in [4.69, 9.17) is 10.5 Å². The van der Waals surface area contributed by atoms with Crippen molar-refractivity contribution in [2.75, 3.05) is 18.2 Å². The molecule has 6 heteroatoms. The topological polar surface area (TPSA) is 64.3 Å². The number of nitrogens with one attached hydrogen (secondary N) is 1. The van der Waals surface area contributed by atoms with Crippen molar-refractivity contribution in [2.24, 2.45) is 0 Å². The van der Waals surface area contributed by atoms with Crippen molar-refractivity contribution < 1.29 is 9.53 Å². The summed E-state index contributed by atoms with van der Waals surface area (Å²) in [6.45, 7) is 0. The number of nitrogens with two attached hydrogens (primary N) is 1. The Morgan fingerprint density at radius 1 is 1.20 bits per heavy atom. The first kappa shape index (κ1) is 14.9. The number of nitrogen functional groups attached to an aromatic ring is 1. The molecule has 0 fully saturated rings. The molecule has 0 spiro atoms. The van der Waals surface area contributed by atoms with Crippen molar-refractivity contribution in [3.05, 3.63) is 50.9 Å². The normalized spacial score (nSPS) is 10.2. The lowest BCUT2D eigenvalue weighted by Gasteiger charge is -2.10. The number of carbonyl (C=O) groups is 1. The van der Waals surface area contributed by atoms with Crippen LogP contribution in [0.3, 0.4) is 0 Å². The summed E-state index contributed by atoms with van der Waals surface area (Å²) in [6, 6.07) is 10.4. The molecule has 0 aliphatic heterocycles. The first-order valence-corrected chi connectivity index (χ1v) is 7.30. The summed E-state index contributed by atoms with van der Waals surface area (Å²) in [6.07, 6.45) is 0. The molecule has 4 nitrogen and oxygen atoms in total. The smallest absolute Gasteiger partial charge is 0.259 e. The van der Waals surface area contributed by atoms with E-state index in [1.807, 2.05) is 0 Å². The Labute approximate surface area is 133 Å². The zero-order chi connectivity index (χ0) is 14.7. The van der Waals surface area contributed by atoms with E-state index in [2.05, 4.69) is 37.2 Å². The summed E-state index contributed by atoms with van der Waals surface area (Å²) < 4.78 is 6.79. The highest BCUT2D eigenvalue weighted by Crippen LogP contribution is 2.26. The van der Waals surface area contributed by atoms with E-state index in [1.54, 1.807) is 36.4 Å². The van der Waals surface area contributed by atoms with Gasteiger partial charge in [-0.3, -0.25) is 4.79 Å². The number of anilines is 2.